The zero-order valence-electron chi connectivity index (χ0n) is 32.6. The summed E-state index contributed by atoms with van der Waals surface area (Å²) in [7, 11) is -4.03. The number of rotatable bonds is 11. The van der Waals surface area contributed by atoms with Gasteiger partial charge in [-0.3, -0.25) is 28.8 Å². The predicted octanol–water partition coefficient (Wildman–Crippen LogP) is 1.12. The van der Waals surface area contributed by atoms with Gasteiger partial charge in [0.25, 0.3) is 5.91 Å². The molecule has 0 spiro atoms. The molecule has 0 radical (unpaired) electrons. The lowest BCUT2D eigenvalue weighted by molar-refractivity contribution is -0.157. The van der Waals surface area contributed by atoms with Gasteiger partial charge >= 0.3 is 18.2 Å². The van der Waals surface area contributed by atoms with Crippen LogP contribution in [0.25, 0.3) is 0 Å². The van der Waals surface area contributed by atoms with Crippen LogP contribution in [-0.4, -0.2) is 125 Å². The van der Waals surface area contributed by atoms with Crippen LogP contribution in [0.1, 0.15) is 77.3 Å². The number of esters is 1. The molecule has 20 heteroatoms. The number of fused-ring (bicyclic) bond motifs is 3. The van der Waals surface area contributed by atoms with Gasteiger partial charge in [-0.25, -0.2) is 27.2 Å². The van der Waals surface area contributed by atoms with Crippen molar-refractivity contribution in [1.29, 1.82) is 0 Å². The van der Waals surface area contributed by atoms with Crippen molar-refractivity contribution in [1.82, 2.24) is 30.1 Å². The van der Waals surface area contributed by atoms with E-state index in [9.17, 15) is 46.4 Å². The molecule has 0 aromatic heterocycles. The van der Waals surface area contributed by atoms with E-state index in [1.165, 1.54) is 28.0 Å². The van der Waals surface area contributed by atoms with Gasteiger partial charge in [-0.15, -0.1) is 6.58 Å². The van der Waals surface area contributed by atoms with Crippen molar-refractivity contribution < 1.29 is 60.6 Å². The van der Waals surface area contributed by atoms with Crippen molar-refractivity contribution in [3.8, 4) is 0 Å². The van der Waals surface area contributed by atoms with Gasteiger partial charge in [-0.1, -0.05) is 25.1 Å². The minimum Gasteiger partial charge on any atom is -0.459 e. The average Bonchev–Trinajstić information content (AvgIpc) is 3.78. The number of morpholine rings is 1. The topological polar surface area (TPSA) is 227 Å². The second-order valence-electron chi connectivity index (χ2n) is 17.1. The van der Waals surface area contributed by atoms with Crippen molar-refractivity contribution in [2.24, 2.45) is 5.41 Å². The molecule has 2 saturated carbocycles. The summed E-state index contributed by atoms with van der Waals surface area (Å²) in [5.41, 5.74) is -2.98. The smallest absolute Gasteiger partial charge is 0.410 e. The maximum absolute atomic E-state index is 14.6. The van der Waals surface area contributed by atoms with E-state index in [1.807, 2.05) is 0 Å². The number of sulfonamides is 1. The Labute approximate surface area is 334 Å². The first-order valence-electron chi connectivity index (χ1n) is 19.2. The summed E-state index contributed by atoms with van der Waals surface area (Å²) in [6.07, 6.45) is -2.10. The van der Waals surface area contributed by atoms with Gasteiger partial charge < -0.3 is 34.6 Å². The molecule has 3 saturated heterocycles. The Bertz CT molecular complexity index is 2090. The fourth-order valence-electron chi connectivity index (χ4n) is 8.18. The molecule has 1 aromatic carbocycles. The van der Waals surface area contributed by atoms with E-state index in [0.717, 1.165) is 4.90 Å². The van der Waals surface area contributed by atoms with E-state index in [-0.39, 0.29) is 38.9 Å². The molecule has 4 heterocycles. The molecule has 6 aliphatic rings. The van der Waals surface area contributed by atoms with Crippen LogP contribution in [0.4, 0.5) is 14.0 Å². The van der Waals surface area contributed by atoms with Crippen molar-refractivity contribution >= 4 is 51.8 Å². The molecule has 6 amide bonds. The fourth-order valence-corrected chi connectivity index (χ4v) is 9.53. The third kappa shape index (κ3) is 7.81. The predicted molar refractivity (Wildman–Crippen MR) is 198 cm³/mol. The molecule has 2 aliphatic carbocycles. The van der Waals surface area contributed by atoms with Crippen LogP contribution in [0.15, 0.2) is 30.9 Å². The molecule has 4 aliphatic heterocycles. The van der Waals surface area contributed by atoms with Gasteiger partial charge in [-0.2, -0.15) is 0 Å². The molecule has 7 rings (SSSR count). The molecule has 3 N–H and O–H groups in total. The lowest BCUT2D eigenvalue weighted by Crippen LogP contribution is -2.59. The zero-order valence-corrected chi connectivity index (χ0v) is 33.4. The van der Waals surface area contributed by atoms with Crippen molar-refractivity contribution in [2.45, 2.75) is 126 Å². The van der Waals surface area contributed by atoms with Crippen molar-refractivity contribution in [2.75, 3.05) is 13.1 Å². The van der Waals surface area contributed by atoms with Crippen LogP contribution in [-0.2, 0) is 61.3 Å². The highest BCUT2D eigenvalue weighted by Gasteiger charge is 2.70. The Morgan fingerprint density at radius 2 is 1.81 bits per heavy atom. The van der Waals surface area contributed by atoms with E-state index in [4.69, 9.17) is 14.2 Å². The first-order valence-corrected chi connectivity index (χ1v) is 20.7. The van der Waals surface area contributed by atoms with Crippen molar-refractivity contribution in [3.05, 3.63) is 47.8 Å². The molecule has 7 unspecified atom stereocenters. The summed E-state index contributed by atoms with van der Waals surface area (Å²) in [4.78, 5) is 98.8. The zero-order chi connectivity index (χ0) is 42.1. The lowest BCUT2D eigenvalue weighted by Gasteiger charge is -2.32. The van der Waals surface area contributed by atoms with Gasteiger partial charge in [0.05, 0.1) is 31.3 Å². The molecule has 18 nitrogen and oxygen atoms in total. The van der Waals surface area contributed by atoms with Crippen LogP contribution in [0, 0.1) is 11.2 Å². The monoisotopic (exact) mass is 830 g/mol. The Kier molecular flexibility index (Phi) is 10.2. The largest absolute Gasteiger partial charge is 0.459 e. The van der Waals surface area contributed by atoms with Gasteiger partial charge in [0.15, 0.2) is 0 Å². The number of alkyl carbamates (subject to hydrolysis) is 1. The standard InChI is InChI=1S/C38H47FN6O12S/c1-6-37(5)19-38(37,33(50)42-58(53,54)23-10-11-23)41-30(47)27-12-22(56-35(52)43-15-20-8-7-9-25(39)24(20)18-43)17-45(27)31(48)26(40-34(51)57-36(2,3)4)14-29(46)44-16-21-13-28(44)32(49)55-21/h6-9,21-23,26-28H,1,10-19H2,2-5H3,(H,40,51)(H,41,47)(H,42,50). The first kappa shape index (κ1) is 40.9. The Morgan fingerprint density at radius 3 is 2.41 bits per heavy atom. The number of likely N-dealkylation sites (tertiary alicyclic amines) is 2. The van der Waals surface area contributed by atoms with Crippen LogP contribution >= 0.6 is 0 Å². The molecule has 7 atom stereocenters. The highest BCUT2D eigenvalue weighted by atomic mass is 32.2. The van der Waals surface area contributed by atoms with Crippen molar-refractivity contribution in [3.63, 3.8) is 0 Å². The fraction of sp³-hybridized carbons (Fsp3) is 0.605. The number of hydrogen-bond acceptors (Lipinski definition) is 12. The normalized spacial score (nSPS) is 28.9. The summed E-state index contributed by atoms with van der Waals surface area (Å²) < 4.78 is 58.6. The molecule has 5 fully saturated rings. The number of benzene rings is 1. The number of carbonyl (C=O) groups excluding carboxylic acids is 7. The van der Waals surface area contributed by atoms with Gasteiger partial charge in [0.2, 0.25) is 27.7 Å². The second kappa shape index (κ2) is 14.5. The molecule has 58 heavy (non-hydrogen) atoms. The molecule has 2 bridgehead atoms. The van der Waals surface area contributed by atoms with E-state index in [1.54, 1.807) is 33.8 Å². The van der Waals surface area contributed by atoms with Gasteiger partial charge in [0.1, 0.15) is 47.3 Å². The van der Waals surface area contributed by atoms with E-state index >= 15 is 0 Å². The maximum atomic E-state index is 14.6. The lowest BCUT2D eigenvalue weighted by atomic mass is 10.0. The van der Waals surface area contributed by atoms with Crippen LogP contribution in [0.5, 0.6) is 0 Å². The summed E-state index contributed by atoms with van der Waals surface area (Å²) in [5.74, 6) is -4.58. The quantitative estimate of drug-likeness (QED) is 0.162. The van der Waals surface area contributed by atoms with Gasteiger partial charge in [-0.05, 0) is 51.7 Å². The number of nitrogens with one attached hydrogen (secondary N) is 3. The minimum atomic E-state index is -4.03. The average molecular weight is 831 g/mol. The number of amides is 6. The third-order valence-electron chi connectivity index (χ3n) is 11.7. The molecular formula is C38H47FN6O12S. The summed E-state index contributed by atoms with van der Waals surface area (Å²) in [6, 6.07) is 0.471. The van der Waals surface area contributed by atoms with Gasteiger partial charge in [0, 0.05) is 30.4 Å². The second-order valence-corrected chi connectivity index (χ2v) is 19.1. The number of carbonyl (C=O) groups is 7. The number of halogens is 1. The highest BCUT2D eigenvalue weighted by molar-refractivity contribution is 7.91. The number of ether oxygens (including phenoxy) is 3. The van der Waals surface area contributed by atoms with Crippen LogP contribution in [0.2, 0.25) is 0 Å². The third-order valence-corrected chi connectivity index (χ3v) is 13.5. The molecule has 314 valence electrons. The Morgan fingerprint density at radius 1 is 1.09 bits per heavy atom. The number of nitrogens with zero attached hydrogens (tertiary/aromatic N) is 3. The number of hydrogen-bond donors (Lipinski definition) is 3. The van der Waals surface area contributed by atoms with E-state index in [0.29, 0.717) is 24.0 Å². The van der Waals surface area contributed by atoms with E-state index in [2.05, 4.69) is 21.9 Å². The maximum Gasteiger partial charge on any atom is 0.410 e. The summed E-state index contributed by atoms with van der Waals surface area (Å²) >= 11 is 0. The minimum absolute atomic E-state index is 0.0236. The van der Waals surface area contributed by atoms with Crippen LogP contribution < -0.4 is 15.4 Å². The summed E-state index contributed by atoms with van der Waals surface area (Å²) in [6.45, 7) is 9.78. The first-order chi connectivity index (χ1) is 27.1. The Balaban J connectivity index is 1.15. The molecular weight excluding hydrogens is 784 g/mol. The Hall–Kier alpha value is -5.27. The highest BCUT2D eigenvalue weighted by Crippen LogP contribution is 2.57. The van der Waals surface area contributed by atoms with E-state index < -0.39 is 123 Å². The molecule has 1 aromatic rings. The SMILES string of the molecule is C=CC1(C)CC1(NC(=O)C1CC(OC(=O)N2Cc3cccc(F)c3C2)CN1C(=O)C(CC(=O)N1CC2CC1C(=O)O2)NC(=O)OC(C)(C)C)C(=O)NS(=O)(=O)C1CC1. The van der Waals surface area contributed by atoms with Crippen LogP contribution in [0.3, 0.4) is 0 Å². The summed E-state index contributed by atoms with van der Waals surface area (Å²) in [5, 5.41) is 4.37.